The molecule has 3 N–H and O–H groups in total. The molecule has 9 heteroatoms. The maximum absolute atomic E-state index is 13.1. The quantitative estimate of drug-likeness (QED) is 0.465. The van der Waals surface area contributed by atoms with Crippen molar-refractivity contribution in [3.05, 3.63) is 71.1 Å². The third-order valence-corrected chi connectivity index (χ3v) is 5.61. The fraction of sp³-hybridized carbons (Fsp3) is 0.150. The van der Waals surface area contributed by atoms with Crippen molar-refractivity contribution in [1.29, 1.82) is 0 Å². The molecule has 0 aliphatic heterocycles. The molecule has 29 heavy (non-hydrogen) atoms. The van der Waals surface area contributed by atoms with E-state index >= 15 is 0 Å². The third kappa shape index (κ3) is 4.55. The lowest BCUT2D eigenvalue weighted by Crippen LogP contribution is -2.31. The van der Waals surface area contributed by atoms with E-state index in [9.17, 15) is 9.18 Å². The predicted octanol–water partition coefficient (Wildman–Crippen LogP) is 4.01. The number of carbonyl (C=O) groups is 1. The Kier molecular flexibility index (Phi) is 5.46. The monoisotopic (exact) mass is 429 g/mol. The van der Waals surface area contributed by atoms with Gasteiger partial charge < -0.3 is 11.1 Å². The molecule has 2 aromatic carbocycles. The topological polar surface area (TPSA) is 85.3 Å². The second kappa shape index (κ2) is 8.18. The smallest absolute Gasteiger partial charge is 0.222 e. The highest BCUT2D eigenvalue weighted by Gasteiger charge is 2.17. The number of amides is 1. The number of imidazole rings is 1. The second-order valence-electron chi connectivity index (χ2n) is 6.58. The van der Waals surface area contributed by atoms with Crippen LogP contribution in [-0.4, -0.2) is 27.0 Å². The van der Waals surface area contributed by atoms with Crippen LogP contribution in [0.4, 0.5) is 9.52 Å². The molecule has 1 amide bonds. The zero-order chi connectivity index (χ0) is 20.4. The summed E-state index contributed by atoms with van der Waals surface area (Å²) in [7, 11) is 0. The summed E-state index contributed by atoms with van der Waals surface area (Å²) in [4.78, 5) is 17.1. The van der Waals surface area contributed by atoms with Gasteiger partial charge in [-0.3, -0.25) is 4.79 Å². The summed E-state index contributed by atoms with van der Waals surface area (Å²) in [6, 6.07) is 13.5. The minimum Gasteiger partial charge on any atom is -0.369 e. The first-order chi connectivity index (χ1) is 14.0. The van der Waals surface area contributed by atoms with E-state index in [0.29, 0.717) is 23.1 Å². The van der Waals surface area contributed by atoms with Crippen LogP contribution in [0.2, 0.25) is 5.02 Å². The number of halogens is 2. The Morgan fingerprint density at radius 1 is 1.21 bits per heavy atom. The average Bonchev–Trinajstić information content (AvgIpc) is 3.26. The van der Waals surface area contributed by atoms with E-state index in [2.05, 4.69) is 15.4 Å². The van der Waals surface area contributed by atoms with Gasteiger partial charge in [-0.2, -0.15) is 0 Å². The number of anilines is 1. The van der Waals surface area contributed by atoms with Crippen LogP contribution in [0.1, 0.15) is 5.56 Å². The molecule has 0 radical (unpaired) electrons. The Bertz CT molecular complexity index is 1110. The van der Waals surface area contributed by atoms with Crippen molar-refractivity contribution in [2.75, 3.05) is 11.9 Å². The van der Waals surface area contributed by atoms with Crippen LogP contribution < -0.4 is 11.1 Å². The highest BCUT2D eigenvalue weighted by atomic mass is 35.5. The zero-order valence-corrected chi connectivity index (χ0v) is 16.8. The standard InChI is InChI=1S/C20H17ClFN5OS/c21-15-5-3-13(4-6-15)17-11-27-20(25-17)29-19(26-27)24-10-14(18(23)28)9-12-1-7-16(22)8-2-12/h1-8,11,14H,9-10H2,(H2,23,28)(H,24,26). The molecule has 148 valence electrons. The molecule has 6 nitrogen and oxygen atoms in total. The first kappa shape index (κ1) is 19.4. The van der Waals surface area contributed by atoms with E-state index in [4.69, 9.17) is 17.3 Å². The van der Waals surface area contributed by atoms with E-state index < -0.39 is 11.8 Å². The van der Waals surface area contributed by atoms with E-state index in [0.717, 1.165) is 21.8 Å². The maximum Gasteiger partial charge on any atom is 0.222 e. The summed E-state index contributed by atoms with van der Waals surface area (Å²) in [6.45, 7) is 0.327. The number of primary amides is 1. The SMILES string of the molecule is NC(=O)C(CNc1nn2cc(-c3ccc(Cl)cc3)nc2s1)Cc1ccc(F)cc1. The van der Waals surface area contributed by atoms with Gasteiger partial charge in [0.15, 0.2) is 0 Å². The predicted molar refractivity (Wildman–Crippen MR) is 113 cm³/mol. The largest absolute Gasteiger partial charge is 0.369 e. The minimum absolute atomic E-state index is 0.313. The molecule has 0 aliphatic rings. The summed E-state index contributed by atoms with van der Waals surface area (Å²) in [5.74, 6) is -1.18. The highest BCUT2D eigenvalue weighted by Crippen LogP contribution is 2.25. The molecule has 1 atom stereocenters. The lowest BCUT2D eigenvalue weighted by atomic mass is 9.99. The van der Waals surface area contributed by atoms with E-state index in [-0.39, 0.29) is 5.82 Å². The van der Waals surface area contributed by atoms with Gasteiger partial charge in [0.1, 0.15) is 5.82 Å². The number of aromatic nitrogens is 3. The van der Waals surface area contributed by atoms with Crippen molar-refractivity contribution < 1.29 is 9.18 Å². The molecule has 2 heterocycles. The van der Waals surface area contributed by atoms with Gasteiger partial charge in [0.05, 0.1) is 17.8 Å². The number of fused-ring (bicyclic) bond motifs is 1. The van der Waals surface area contributed by atoms with E-state index in [1.54, 1.807) is 16.6 Å². The fourth-order valence-corrected chi connectivity index (χ4v) is 3.83. The molecular formula is C20H17ClFN5OS. The third-order valence-electron chi connectivity index (χ3n) is 4.48. The molecule has 1 unspecified atom stereocenters. The van der Waals surface area contributed by atoms with Crippen LogP contribution in [0, 0.1) is 11.7 Å². The van der Waals surface area contributed by atoms with Crippen molar-refractivity contribution in [2.45, 2.75) is 6.42 Å². The first-order valence-corrected chi connectivity index (χ1v) is 10.1. The van der Waals surface area contributed by atoms with Crippen LogP contribution in [0.3, 0.4) is 0 Å². The van der Waals surface area contributed by atoms with E-state index in [1.807, 2.05) is 30.5 Å². The van der Waals surface area contributed by atoms with Crippen LogP contribution in [0.25, 0.3) is 16.2 Å². The normalized spacial score (nSPS) is 12.2. The number of nitrogens with zero attached hydrogens (tertiary/aromatic N) is 3. The van der Waals surface area contributed by atoms with Crippen molar-refractivity contribution in [3.8, 4) is 11.3 Å². The lowest BCUT2D eigenvalue weighted by Gasteiger charge is -2.13. The Hall–Kier alpha value is -2.97. The van der Waals surface area contributed by atoms with Crippen molar-refractivity contribution >= 4 is 38.9 Å². The van der Waals surface area contributed by atoms with Crippen LogP contribution >= 0.6 is 22.9 Å². The van der Waals surface area contributed by atoms with Gasteiger partial charge in [0.25, 0.3) is 0 Å². The van der Waals surface area contributed by atoms with Gasteiger partial charge in [-0.25, -0.2) is 13.9 Å². The summed E-state index contributed by atoms with van der Waals surface area (Å²) < 4.78 is 14.7. The Morgan fingerprint density at radius 2 is 1.93 bits per heavy atom. The summed E-state index contributed by atoms with van der Waals surface area (Å²) in [6.07, 6.45) is 2.26. The number of carbonyl (C=O) groups excluding carboxylic acids is 1. The number of benzene rings is 2. The van der Waals surface area contributed by atoms with E-state index in [1.165, 1.54) is 23.5 Å². The zero-order valence-electron chi connectivity index (χ0n) is 15.2. The molecular weight excluding hydrogens is 413 g/mol. The summed E-state index contributed by atoms with van der Waals surface area (Å²) >= 11 is 7.30. The van der Waals surface area contributed by atoms with Crippen LogP contribution in [0.15, 0.2) is 54.7 Å². The van der Waals surface area contributed by atoms with Gasteiger partial charge in [0.2, 0.25) is 16.0 Å². The van der Waals surface area contributed by atoms with Crippen LogP contribution in [-0.2, 0) is 11.2 Å². The minimum atomic E-state index is -0.443. The van der Waals surface area contributed by atoms with Crippen molar-refractivity contribution in [1.82, 2.24) is 14.6 Å². The second-order valence-corrected chi connectivity index (χ2v) is 7.97. The Balaban J connectivity index is 1.44. The van der Waals surface area contributed by atoms with Gasteiger partial charge in [-0.05, 0) is 36.2 Å². The molecule has 0 fully saturated rings. The van der Waals surface area contributed by atoms with Crippen molar-refractivity contribution in [2.24, 2.45) is 11.7 Å². The average molecular weight is 430 g/mol. The molecule has 0 aliphatic carbocycles. The first-order valence-electron chi connectivity index (χ1n) is 8.88. The van der Waals surface area contributed by atoms with Gasteiger partial charge in [0, 0.05) is 17.1 Å². The molecule has 0 saturated carbocycles. The highest BCUT2D eigenvalue weighted by molar-refractivity contribution is 7.20. The van der Waals surface area contributed by atoms with Gasteiger partial charge in [-0.1, -0.05) is 47.2 Å². The van der Waals surface area contributed by atoms with Crippen LogP contribution in [0.5, 0.6) is 0 Å². The summed E-state index contributed by atoms with van der Waals surface area (Å²) in [5.41, 5.74) is 8.13. The number of nitrogens with one attached hydrogen (secondary N) is 1. The van der Waals surface area contributed by atoms with Crippen molar-refractivity contribution in [3.63, 3.8) is 0 Å². The molecule has 0 spiro atoms. The molecule has 0 bridgehead atoms. The number of nitrogens with two attached hydrogens (primary N) is 1. The molecule has 2 aromatic heterocycles. The van der Waals surface area contributed by atoms with Gasteiger partial charge >= 0.3 is 0 Å². The molecule has 0 saturated heterocycles. The number of rotatable bonds is 7. The lowest BCUT2D eigenvalue weighted by molar-refractivity contribution is -0.121. The molecule has 4 aromatic rings. The Labute approximate surface area is 175 Å². The number of hydrogen-bond donors (Lipinski definition) is 2. The maximum atomic E-state index is 13.1. The fourth-order valence-electron chi connectivity index (χ4n) is 2.92. The summed E-state index contributed by atoms with van der Waals surface area (Å²) in [5, 5.41) is 8.92. The number of hydrogen-bond acceptors (Lipinski definition) is 5. The van der Waals surface area contributed by atoms with Gasteiger partial charge in [-0.15, -0.1) is 5.10 Å². The molecule has 4 rings (SSSR count). The Morgan fingerprint density at radius 3 is 2.59 bits per heavy atom.